The van der Waals surface area contributed by atoms with Gasteiger partial charge in [-0.15, -0.1) is 0 Å². The maximum Gasteiger partial charge on any atom is -0.0386 e. The van der Waals surface area contributed by atoms with Crippen molar-refractivity contribution in [1.82, 2.24) is 0 Å². The summed E-state index contributed by atoms with van der Waals surface area (Å²) in [6, 6.07) is 0. The van der Waals surface area contributed by atoms with E-state index in [0.717, 1.165) is 47.3 Å². The molecule has 0 unspecified atom stereocenters. The molecule has 0 aromatic carbocycles. The van der Waals surface area contributed by atoms with E-state index < -0.39 is 0 Å². The summed E-state index contributed by atoms with van der Waals surface area (Å²) in [7, 11) is 0. The molecular weight excluding hydrogens is 360 g/mol. The Morgan fingerprint density at radius 2 is 0.567 bits per heavy atom. The van der Waals surface area contributed by atoms with Gasteiger partial charge in [-0.05, 0) is 73.0 Å². The Balaban J connectivity index is 0.000000172. The van der Waals surface area contributed by atoms with E-state index in [-0.39, 0.29) is 0 Å². The Bertz CT molecular complexity index is 379. The first kappa shape index (κ1) is 24.6. The van der Waals surface area contributed by atoms with Crippen LogP contribution in [-0.4, -0.2) is 0 Å². The van der Waals surface area contributed by atoms with Gasteiger partial charge in [0.05, 0.1) is 0 Å². The fraction of sp³-hybridized carbons (Fsp3) is 1.00. The predicted molar refractivity (Wildman–Crippen MR) is 134 cm³/mol. The third-order valence-electron chi connectivity index (χ3n) is 10.0. The third-order valence-corrected chi connectivity index (χ3v) is 10.0. The van der Waals surface area contributed by atoms with Crippen LogP contribution < -0.4 is 0 Å². The molecule has 0 heteroatoms. The minimum Gasteiger partial charge on any atom is -0.0625 e. The van der Waals surface area contributed by atoms with Crippen molar-refractivity contribution in [2.45, 2.75) is 143 Å². The molecule has 4 aliphatic rings. The molecule has 4 fully saturated rings. The van der Waals surface area contributed by atoms with E-state index in [9.17, 15) is 0 Å². The van der Waals surface area contributed by atoms with E-state index in [1.807, 2.05) is 0 Å². The van der Waals surface area contributed by atoms with Gasteiger partial charge in [0.15, 0.2) is 0 Å². The van der Waals surface area contributed by atoms with Crippen LogP contribution in [0.3, 0.4) is 0 Å². The first-order chi connectivity index (χ1) is 14.5. The van der Waals surface area contributed by atoms with Gasteiger partial charge < -0.3 is 0 Å². The van der Waals surface area contributed by atoms with Crippen molar-refractivity contribution < 1.29 is 0 Å². The molecule has 0 aromatic heterocycles. The molecule has 0 aliphatic heterocycles. The minimum absolute atomic E-state index is 1.02. The Labute approximate surface area is 190 Å². The van der Waals surface area contributed by atoms with Crippen molar-refractivity contribution in [2.24, 2.45) is 47.3 Å². The van der Waals surface area contributed by atoms with Crippen molar-refractivity contribution in [3.8, 4) is 0 Å². The van der Waals surface area contributed by atoms with Crippen LogP contribution in [0.1, 0.15) is 143 Å². The van der Waals surface area contributed by atoms with Crippen LogP contribution in [0.2, 0.25) is 0 Å². The van der Waals surface area contributed by atoms with Crippen LogP contribution in [0, 0.1) is 47.3 Å². The van der Waals surface area contributed by atoms with Crippen LogP contribution >= 0.6 is 0 Å². The highest BCUT2D eigenvalue weighted by Crippen LogP contribution is 2.41. The molecule has 176 valence electrons. The molecule has 30 heavy (non-hydrogen) atoms. The Kier molecular flexibility index (Phi) is 10.6. The second-order valence-corrected chi connectivity index (χ2v) is 12.9. The predicted octanol–water partition coefficient (Wildman–Crippen LogP) is 10.1. The summed E-state index contributed by atoms with van der Waals surface area (Å²) >= 11 is 0. The molecule has 4 aliphatic carbocycles. The fourth-order valence-corrected chi connectivity index (χ4v) is 7.22. The number of hydrogen-bond donors (Lipinski definition) is 0. The zero-order valence-corrected chi connectivity index (χ0v) is 21.3. The van der Waals surface area contributed by atoms with Crippen LogP contribution in [-0.2, 0) is 0 Å². The summed E-state index contributed by atoms with van der Waals surface area (Å²) in [6.45, 7) is 9.72. The van der Waals surface area contributed by atoms with Gasteiger partial charge in [0.1, 0.15) is 0 Å². The maximum absolute atomic E-state index is 2.43. The molecule has 0 nitrogen and oxygen atoms in total. The van der Waals surface area contributed by atoms with E-state index in [4.69, 9.17) is 0 Å². The second kappa shape index (κ2) is 12.9. The maximum atomic E-state index is 2.43. The molecule has 0 heterocycles. The van der Waals surface area contributed by atoms with Crippen molar-refractivity contribution in [1.29, 1.82) is 0 Å². The van der Waals surface area contributed by atoms with E-state index in [0.29, 0.717) is 0 Å². The smallest absolute Gasteiger partial charge is 0.0386 e. The average molecular weight is 417 g/mol. The van der Waals surface area contributed by atoms with Crippen LogP contribution in [0.5, 0.6) is 0 Å². The lowest BCUT2D eigenvalue weighted by Crippen LogP contribution is -2.24. The standard InChI is InChI=1S/C16H30.C14H26/c1-13-3-7-15(8-4-13)11-12-16-9-5-14(2)6-10-16;1-11-3-7-13(8-4-11)14-9-5-12(2)6-10-14/h13-16H,3-12H2,1-2H3;11-14H,3-10H2,1-2H3. The largest absolute Gasteiger partial charge is 0.0625 e. The van der Waals surface area contributed by atoms with E-state index >= 15 is 0 Å². The molecule has 0 N–H and O–H groups in total. The first-order valence-electron chi connectivity index (χ1n) is 14.5. The molecule has 4 saturated carbocycles. The van der Waals surface area contributed by atoms with Crippen molar-refractivity contribution in [3.05, 3.63) is 0 Å². The highest BCUT2D eigenvalue weighted by Gasteiger charge is 2.28. The van der Waals surface area contributed by atoms with E-state index in [2.05, 4.69) is 27.7 Å². The molecule has 0 spiro atoms. The first-order valence-corrected chi connectivity index (χ1v) is 14.5. The van der Waals surface area contributed by atoms with Gasteiger partial charge in [-0.25, -0.2) is 0 Å². The lowest BCUT2D eigenvalue weighted by atomic mass is 9.70. The van der Waals surface area contributed by atoms with Crippen molar-refractivity contribution in [2.75, 3.05) is 0 Å². The molecule has 0 bridgehead atoms. The SMILES string of the molecule is CC1CCC(C2CCC(C)CC2)CC1.CC1CCC(CCC2CCC(C)CC2)CC1. The van der Waals surface area contributed by atoms with Crippen molar-refractivity contribution >= 4 is 0 Å². The number of hydrogen-bond acceptors (Lipinski definition) is 0. The lowest BCUT2D eigenvalue weighted by Gasteiger charge is -2.36. The monoisotopic (exact) mass is 416 g/mol. The van der Waals surface area contributed by atoms with Gasteiger partial charge in [-0.2, -0.15) is 0 Å². The summed E-state index contributed by atoms with van der Waals surface area (Å²) in [6.07, 6.45) is 27.5. The third kappa shape index (κ3) is 8.50. The summed E-state index contributed by atoms with van der Waals surface area (Å²) in [5.74, 6) is 8.49. The Morgan fingerprint density at radius 1 is 0.333 bits per heavy atom. The van der Waals surface area contributed by atoms with E-state index in [1.165, 1.54) is 77.0 Å². The second-order valence-electron chi connectivity index (χ2n) is 12.9. The minimum atomic E-state index is 1.02. The van der Waals surface area contributed by atoms with Gasteiger partial charge >= 0.3 is 0 Å². The number of rotatable bonds is 4. The Morgan fingerprint density at radius 3 is 0.833 bits per heavy atom. The normalized spacial score (nSPS) is 42.8. The van der Waals surface area contributed by atoms with E-state index in [1.54, 1.807) is 38.5 Å². The van der Waals surface area contributed by atoms with Gasteiger partial charge in [-0.3, -0.25) is 0 Å². The lowest BCUT2D eigenvalue weighted by molar-refractivity contribution is 0.155. The van der Waals surface area contributed by atoms with Crippen molar-refractivity contribution in [3.63, 3.8) is 0 Å². The van der Waals surface area contributed by atoms with Crippen LogP contribution in [0.15, 0.2) is 0 Å². The zero-order chi connectivity index (χ0) is 21.3. The molecule has 4 rings (SSSR count). The summed E-state index contributed by atoms with van der Waals surface area (Å²) in [5.41, 5.74) is 0. The molecule has 0 amide bonds. The average Bonchev–Trinajstić information content (AvgIpc) is 2.76. The molecular formula is C30H56. The van der Waals surface area contributed by atoms with Crippen LogP contribution in [0.4, 0.5) is 0 Å². The molecule has 0 atom stereocenters. The van der Waals surface area contributed by atoms with Gasteiger partial charge in [-0.1, -0.05) is 118 Å². The van der Waals surface area contributed by atoms with Gasteiger partial charge in [0.25, 0.3) is 0 Å². The molecule has 0 radical (unpaired) electrons. The molecule has 0 aromatic rings. The van der Waals surface area contributed by atoms with Crippen LogP contribution in [0.25, 0.3) is 0 Å². The highest BCUT2D eigenvalue weighted by molar-refractivity contribution is 4.80. The summed E-state index contributed by atoms with van der Waals surface area (Å²) in [5, 5.41) is 0. The quantitative estimate of drug-likeness (QED) is 0.427. The summed E-state index contributed by atoms with van der Waals surface area (Å²) in [4.78, 5) is 0. The van der Waals surface area contributed by atoms with Gasteiger partial charge in [0.2, 0.25) is 0 Å². The Hall–Kier alpha value is 0. The topological polar surface area (TPSA) is 0 Å². The summed E-state index contributed by atoms with van der Waals surface area (Å²) < 4.78 is 0. The van der Waals surface area contributed by atoms with Gasteiger partial charge in [0, 0.05) is 0 Å². The zero-order valence-electron chi connectivity index (χ0n) is 21.3. The highest BCUT2D eigenvalue weighted by atomic mass is 14.3. The molecule has 0 saturated heterocycles. The fourth-order valence-electron chi connectivity index (χ4n) is 7.22.